The summed E-state index contributed by atoms with van der Waals surface area (Å²) in [4.78, 5) is 219. The van der Waals surface area contributed by atoms with Gasteiger partial charge < -0.3 is 145 Å². The van der Waals surface area contributed by atoms with Crippen molar-refractivity contribution in [3.05, 3.63) is 71.9 Å². The zero-order chi connectivity index (χ0) is 99.3. The summed E-state index contributed by atoms with van der Waals surface area (Å²) in [5, 5.41) is 68.9. The van der Waals surface area contributed by atoms with E-state index < -0.39 is 201 Å². The third-order valence-corrected chi connectivity index (χ3v) is 21.6. The molecule has 750 valence electrons. The van der Waals surface area contributed by atoms with Crippen molar-refractivity contribution in [1.29, 1.82) is 0 Å². The van der Waals surface area contributed by atoms with Crippen LogP contribution in [0.2, 0.25) is 0 Å². The standard InChI is InChI=1S/C46H86N12O13.C42H61N13O8/c1-4-6-8-9-10-11-12-13-14-15-16-20-37(62)51-24-25-70-26-27-71-30-39(64)53-28-38(63)58-40(31(3)60)45(69)56-34(21-22-36(47)61)43(67)55-33(19-17-23-52-46(49)50)42(66)57-35(29-59)44(68)54-32(41(48)65)18-7-5-2;1-47-29-16-17-35(57)48-18-8-7-14-28(36(44)58)51-40(62)32(21-25-23-50-27-13-6-5-12-26(25)27)54-38(60)30(15-9-19-49-42(45)46)52-39(61)31(20-24-10-3-2-4-11-24)53-41(63)33(22-34(43)56)55-37(29)59/h31-35,40,59-60H,4-30H2,1-3H3,(H2,47,61)(H2,48,65)(H,51,62)(H,53,64)(H,54,68)(H,55,67)(H,56,69)(H,57,66)(H,58,63)(H4,49,50,52);2-6,10-13,23,28-33,41,47,50,53,63H,7-9,14-22H2,1H3,(H2,43,56)(H2,44,58)(H,48,57)(H,51,62)(H,52,61)(H,54,60)(H,55,59)(H4,45,46,49)/t31-,32+,33+,34+,35+,40+;28-,29-,30-,31+,32-,33-,41?/m10/s1. The lowest BCUT2D eigenvalue weighted by Crippen LogP contribution is -2.61. The quantitative estimate of drug-likeness (QED) is 0.0143. The van der Waals surface area contributed by atoms with Crippen LogP contribution in [0.4, 0.5) is 0 Å². The van der Waals surface area contributed by atoms with Gasteiger partial charge in [-0.2, -0.15) is 0 Å². The van der Waals surface area contributed by atoms with Crippen LogP contribution in [0.15, 0.2) is 70.8 Å². The normalized spacial score (nSPS) is 18.5. The van der Waals surface area contributed by atoms with Crippen LogP contribution in [-0.4, -0.2) is 278 Å². The molecule has 1 aromatic heterocycles. The van der Waals surface area contributed by atoms with Crippen molar-refractivity contribution in [1.82, 2.24) is 79.4 Å². The molecule has 46 nitrogen and oxygen atoms in total. The van der Waals surface area contributed by atoms with Gasteiger partial charge in [0.2, 0.25) is 94.5 Å². The van der Waals surface area contributed by atoms with Gasteiger partial charge in [-0.3, -0.25) is 92.0 Å². The number of unbranched alkanes of at least 4 members (excludes halogenated alkanes) is 11. The largest absolute Gasteiger partial charge is 0.394 e. The minimum absolute atomic E-state index is 0.00618. The first-order chi connectivity index (χ1) is 64.0. The Kier molecular flexibility index (Phi) is 58.0. The molecular weight excluding hydrogens is 1740 g/mol. The highest BCUT2D eigenvalue weighted by atomic mass is 16.5. The molecule has 1 unspecified atom stereocenters. The van der Waals surface area contributed by atoms with Crippen LogP contribution in [-0.2, 0) is 99.0 Å². The maximum Gasteiger partial charge on any atom is 0.246 e. The van der Waals surface area contributed by atoms with Gasteiger partial charge in [-0.05, 0) is 108 Å². The summed E-state index contributed by atoms with van der Waals surface area (Å²) in [5.74, 6) is -12.6. The number of benzene rings is 2. The molecule has 4 rings (SSSR count). The topological polar surface area (TPSA) is 769 Å². The van der Waals surface area contributed by atoms with Crippen molar-refractivity contribution in [2.75, 3.05) is 72.8 Å². The number of primary amides is 4. The first-order valence-corrected chi connectivity index (χ1v) is 45.9. The zero-order valence-corrected chi connectivity index (χ0v) is 77.6. The second-order valence-corrected chi connectivity index (χ2v) is 32.8. The molecule has 134 heavy (non-hydrogen) atoms. The number of nitrogens with zero attached hydrogens (tertiary/aromatic N) is 2. The Balaban J connectivity index is 0.000000694. The lowest BCUT2D eigenvalue weighted by Gasteiger charge is -2.30. The highest BCUT2D eigenvalue weighted by molar-refractivity contribution is 5.99. The maximum absolute atomic E-state index is 14.4. The highest BCUT2D eigenvalue weighted by Gasteiger charge is 2.38. The van der Waals surface area contributed by atoms with E-state index in [-0.39, 0.29) is 127 Å². The Morgan fingerprint density at radius 2 is 1.12 bits per heavy atom. The second kappa shape index (κ2) is 67.0. The summed E-state index contributed by atoms with van der Waals surface area (Å²) in [5.41, 5.74) is 46.0. The summed E-state index contributed by atoms with van der Waals surface area (Å²) in [7, 11) is 1.51. The van der Waals surface area contributed by atoms with Crippen LogP contribution in [0, 0.1) is 0 Å². The number of H-pyrrole nitrogens is 1. The second-order valence-electron chi connectivity index (χ2n) is 32.8. The Bertz CT molecular complexity index is 4210. The van der Waals surface area contributed by atoms with Crippen LogP contribution >= 0.6 is 0 Å². The molecule has 0 spiro atoms. The molecule has 13 atom stereocenters. The fourth-order valence-corrected chi connectivity index (χ4v) is 14.1. The monoisotopic (exact) mass is 1890 g/mol. The number of hydrogen-bond acceptors (Lipinski definition) is 25. The molecule has 0 radical (unpaired) electrons. The van der Waals surface area contributed by atoms with E-state index in [1.165, 1.54) is 65.3 Å². The van der Waals surface area contributed by atoms with Gasteiger partial charge in [0.15, 0.2) is 11.9 Å². The molecule has 1 aliphatic heterocycles. The van der Waals surface area contributed by atoms with Gasteiger partial charge in [0.25, 0.3) is 0 Å². The van der Waals surface area contributed by atoms with Crippen LogP contribution in [0.25, 0.3) is 10.9 Å². The lowest BCUT2D eigenvalue weighted by molar-refractivity contribution is -0.136. The number of guanidine groups is 2. The summed E-state index contributed by atoms with van der Waals surface area (Å²) < 4.78 is 10.7. The Labute approximate surface area is 781 Å². The zero-order valence-electron chi connectivity index (χ0n) is 77.6. The maximum atomic E-state index is 14.4. The molecule has 3 aromatic rings. The number of carbonyl (C=O) groups is 16. The number of nitrogens with one attached hydrogen (secondary N) is 15. The molecule has 46 heteroatoms. The van der Waals surface area contributed by atoms with Gasteiger partial charge in [-0.15, -0.1) is 0 Å². The van der Waals surface area contributed by atoms with E-state index in [4.69, 9.17) is 55.3 Å². The Morgan fingerprint density at radius 1 is 0.545 bits per heavy atom. The molecule has 1 fully saturated rings. The van der Waals surface area contributed by atoms with Crippen LogP contribution in [0.3, 0.4) is 0 Å². The predicted molar refractivity (Wildman–Crippen MR) is 499 cm³/mol. The summed E-state index contributed by atoms with van der Waals surface area (Å²) in [6, 6.07) is 1.50. The third kappa shape index (κ3) is 49.5. The Morgan fingerprint density at radius 3 is 1.74 bits per heavy atom. The number of para-hydroxylation sites is 1. The molecule has 1 saturated heterocycles. The average Bonchev–Trinajstić information content (AvgIpc) is 1.68. The number of aromatic amines is 1. The first kappa shape index (κ1) is 116. The molecule has 34 N–H and O–H groups in total. The first-order valence-electron chi connectivity index (χ1n) is 45.9. The number of carbonyl (C=O) groups excluding carboxylic acids is 16. The molecule has 16 amide bonds. The van der Waals surface area contributed by atoms with Crippen LogP contribution < -0.4 is 120 Å². The van der Waals surface area contributed by atoms with Crippen molar-refractivity contribution in [2.24, 2.45) is 55.9 Å². The van der Waals surface area contributed by atoms with Gasteiger partial charge in [0.05, 0.1) is 63.6 Å². The minimum atomic E-state index is -1.73. The van der Waals surface area contributed by atoms with Gasteiger partial charge in [-0.25, -0.2) is 0 Å². The molecular formula is C88H147N25O21. The molecule has 1 aliphatic rings. The number of fused-ring (bicyclic) bond motifs is 1. The molecule has 2 heterocycles. The Hall–Kier alpha value is -12.2. The summed E-state index contributed by atoms with van der Waals surface area (Å²) in [6.07, 6.45) is 13.2. The van der Waals surface area contributed by atoms with E-state index in [0.717, 1.165) is 30.2 Å². The van der Waals surface area contributed by atoms with E-state index in [1.807, 2.05) is 31.2 Å². The SMILES string of the molecule is CCCCCCCCCCCCCC(=O)NCCOCCOCC(=O)NCC(=O)N[C@H](C(=O)N[C@@H](CCC(N)=O)C(=O)N[C@@H](CCCN=C(N)N)C(=O)N[C@@H](CO)C(=O)N[C@@H](CCCC)C(N)=O)[C@@H](C)O.CN[C@H]1CCC(=O)NCCCC[C@@H](C(N)=O)NC(=O)[C@H](Cc2c[nH]c3ccccc23)NC(=O)[C@H](CCCN=C(N)N)NC(=O)[C@@H](Cc2ccccc2)NC(O)[C@H](CC(N)=O)NC1=O. The number of aliphatic hydroxyl groups is 3. The summed E-state index contributed by atoms with van der Waals surface area (Å²) >= 11 is 0. The van der Waals surface area contributed by atoms with E-state index in [9.17, 15) is 92.0 Å². The third-order valence-electron chi connectivity index (χ3n) is 21.6. The minimum Gasteiger partial charge on any atom is -0.394 e. The van der Waals surface area contributed by atoms with E-state index in [1.54, 1.807) is 36.5 Å². The van der Waals surface area contributed by atoms with Crippen LogP contribution in [0.1, 0.15) is 205 Å². The molecule has 0 aliphatic carbocycles. The predicted octanol–water partition coefficient (Wildman–Crippen LogP) is -5.00. The van der Waals surface area contributed by atoms with Gasteiger partial charge in [0, 0.05) is 69.0 Å². The number of likely N-dealkylation sites (N-methyl/N-ethyl adjacent to an activating group) is 1. The number of aromatic nitrogens is 1. The van der Waals surface area contributed by atoms with E-state index in [2.05, 4.69) is 96.3 Å². The number of hydrogen-bond donors (Lipinski definition) is 26. The number of ether oxygens (including phenoxy) is 2. The average molecular weight is 1890 g/mol. The van der Waals surface area contributed by atoms with Crippen molar-refractivity contribution in [3.8, 4) is 0 Å². The number of nitrogens with two attached hydrogens (primary N) is 8. The van der Waals surface area contributed by atoms with Crippen LogP contribution in [0.5, 0.6) is 0 Å². The van der Waals surface area contributed by atoms with E-state index >= 15 is 0 Å². The number of rotatable bonds is 56. The molecule has 0 saturated carbocycles. The molecule has 0 bridgehead atoms. The van der Waals surface area contributed by atoms with Crippen molar-refractivity contribution >= 4 is 117 Å². The smallest absolute Gasteiger partial charge is 0.246 e. The van der Waals surface area contributed by atoms with Crippen molar-refractivity contribution in [3.63, 3.8) is 0 Å². The van der Waals surface area contributed by atoms with Crippen molar-refractivity contribution in [2.45, 2.75) is 286 Å². The summed E-state index contributed by atoms with van der Waals surface area (Å²) in [6.45, 7) is 4.37. The van der Waals surface area contributed by atoms with Crippen molar-refractivity contribution < 1.29 is 102 Å². The molecule has 2 aromatic carbocycles. The number of aliphatic hydroxyl groups excluding tert-OH is 3. The van der Waals surface area contributed by atoms with Gasteiger partial charge in [-0.1, -0.05) is 139 Å². The van der Waals surface area contributed by atoms with E-state index in [0.29, 0.717) is 49.8 Å². The number of aliphatic imine (C=N–C) groups is 2. The lowest BCUT2D eigenvalue weighted by atomic mass is 10.0. The van der Waals surface area contributed by atoms with Gasteiger partial charge >= 0.3 is 0 Å². The highest BCUT2D eigenvalue weighted by Crippen LogP contribution is 2.21. The number of amides is 16. The fraction of sp³-hybridized carbons (Fsp3) is 0.636. The fourth-order valence-electron chi connectivity index (χ4n) is 14.1. The van der Waals surface area contributed by atoms with Gasteiger partial charge in [0.1, 0.15) is 61.2 Å².